The number of esters is 1. The average molecular weight is 649 g/mol. The van der Waals surface area contributed by atoms with Crippen molar-refractivity contribution in [3.05, 3.63) is 156 Å². The van der Waals surface area contributed by atoms with Crippen LogP contribution in [0.4, 0.5) is 0 Å². The molecule has 1 heterocycles. The Balaban J connectivity index is 1.31. The van der Waals surface area contributed by atoms with Crippen molar-refractivity contribution in [3.63, 3.8) is 0 Å². The van der Waals surface area contributed by atoms with Crippen molar-refractivity contribution in [3.8, 4) is 0 Å². The summed E-state index contributed by atoms with van der Waals surface area (Å²) in [6.45, 7) is 3.38. The van der Waals surface area contributed by atoms with Gasteiger partial charge in [-0.15, -0.1) is 11.8 Å². The van der Waals surface area contributed by atoms with Gasteiger partial charge in [-0.2, -0.15) is 0 Å². The fraction of sp³-hybridized carbons (Fsp3) is 0.275. The van der Waals surface area contributed by atoms with Crippen molar-refractivity contribution in [1.82, 2.24) is 0 Å². The van der Waals surface area contributed by atoms with Gasteiger partial charge in [-0.25, -0.2) is 4.79 Å². The summed E-state index contributed by atoms with van der Waals surface area (Å²) in [4.78, 5) is 13.6. The highest BCUT2D eigenvalue weighted by Gasteiger charge is 2.50. The molecule has 0 bridgehead atoms. The third-order valence-corrected chi connectivity index (χ3v) is 9.15. The molecule has 0 spiro atoms. The molecule has 5 aromatic carbocycles. The maximum Gasteiger partial charge on any atom is 0.338 e. The van der Waals surface area contributed by atoms with E-state index in [1.807, 2.05) is 91.0 Å². The van der Waals surface area contributed by atoms with Gasteiger partial charge in [-0.05, 0) is 51.4 Å². The minimum absolute atomic E-state index is 0.212. The Hall–Kier alpha value is -3.98. The van der Waals surface area contributed by atoms with Crippen molar-refractivity contribution in [2.45, 2.75) is 56.6 Å². The molecule has 1 fully saturated rings. The van der Waals surface area contributed by atoms with Gasteiger partial charge in [0.1, 0.15) is 23.7 Å². The fourth-order valence-corrected chi connectivity index (χ4v) is 6.71. The number of hydrogen-bond acceptors (Lipinski definition) is 7. The molecule has 47 heavy (non-hydrogen) atoms. The molecule has 6 rings (SSSR count). The molecule has 0 amide bonds. The van der Waals surface area contributed by atoms with Crippen LogP contribution in [0.5, 0.6) is 0 Å². The Morgan fingerprint density at radius 2 is 1.23 bits per heavy atom. The predicted octanol–water partition coefficient (Wildman–Crippen LogP) is 8.23. The number of thioether (sulfide) groups is 1. The molecule has 5 atom stereocenters. The van der Waals surface area contributed by atoms with Crippen molar-refractivity contribution in [2.75, 3.05) is 12.4 Å². The topological polar surface area (TPSA) is 63.2 Å². The van der Waals surface area contributed by atoms with E-state index in [9.17, 15) is 4.79 Å². The summed E-state index contributed by atoms with van der Waals surface area (Å²) in [7, 11) is 0. The fourth-order valence-electron chi connectivity index (χ4n) is 5.74. The first-order valence-corrected chi connectivity index (χ1v) is 17.1. The van der Waals surface area contributed by atoms with Crippen LogP contribution in [0.2, 0.25) is 0 Å². The molecule has 0 aliphatic carbocycles. The molecule has 1 aliphatic heterocycles. The van der Waals surface area contributed by atoms with Gasteiger partial charge in [0.15, 0.2) is 6.10 Å². The van der Waals surface area contributed by atoms with Crippen LogP contribution in [-0.2, 0) is 43.5 Å². The summed E-state index contributed by atoms with van der Waals surface area (Å²) in [5.74, 6) is 0.356. The highest BCUT2D eigenvalue weighted by atomic mass is 32.2. The normalized spacial score (nSPS) is 21.0. The number of carbonyl (C=O) groups is 1. The van der Waals surface area contributed by atoms with Gasteiger partial charge in [-0.3, -0.25) is 0 Å². The Bertz CT molecular complexity index is 1680. The average Bonchev–Trinajstić information content (AvgIpc) is 3.12. The zero-order valence-electron chi connectivity index (χ0n) is 26.5. The summed E-state index contributed by atoms with van der Waals surface area (Å²) >= 11 is 1.65. The maximum atomic E-state index is 13.6. The van der Waals surface area contributed by atoms with E-state index in [-0.39, 0.29) is 12.0 Å². The molecule has 0 saturated carbocycles. The number of rotatable bonds is 14. The van der Waals surface area contributed by atoms with Crippen molar-refractivity contribution in [2.24, 2.45) is 0 Å². The van der Waals surface area contributed by atoms with Crippen LogP contribution in [0.25, 0.3) is 10.8 Å². The molecule has 5 aromatic rings. The van der Waals surface area contributed by atoms with E-state index < -0.39 is 30.4 Å². The Kier molecular flexibility index (Phi) is 11.7. The molecule has 1 aliphatic rings. The molecule has 0 radical (unpaired) electrons. The van der Waals surface area contributed by atoms with Crippen LogP contribution >= 0.6 is 11.8 Å². The van der Waals surface area contributed by atoms with Gasteiger partial charge in [0.2, 0.25) is 0 Å². The summed E-state index contributed by atoms with van der Waals surface area (Å²) in [6.07, 6.45) is -2.55. The van der Waals surface area contributed by atoms with E-state index in [4.69, 9.17) is 23.7 Å². The lowest BCUT2D eigenvalue weighted by Gasteiger charge is -2.45. The van der Waals surface area contributed by atoms with Crippen molar-refractivity contribution < 1.29 is 28.5 Å². The van der Waals surface area contributed by atoms with Gasteiger partial charge in [0.25, 0.3) is 0 Å². The monoisotopic (exact) mass is 648 g/mol. The Morgan fingerprint density at radius 3 is 1.94 bits per heavy atom. The van der Waals surface area contributed by atoms with Crippen LogP contribution in [0.15, 0.2) is 133 Å². The number of ether oxygens (including phenoxy) is 5. The van der Waals surface area contributed by atoms with Gasteiger partial charge < -0.3 is 23.7 Å². The molecule has 7 heteroatoms. The minimum atomic E-state index is -0.798. The first-order chi connectivity index (χ1) is 23.2. The third kappa shape index (κ3) is 8.89. The molecular weight excluding hydrogens is 609 g/mol. The van der Waals surface area contributed by atoms with Crippen molar-refractivity contribution in [1.29, 1.82) is 0 Å². The van der Waals surface area contributed by atoms with E-state index in [1.54, 1.807) is 23.9 Å². The molecule has 6 nitrogen and oxygen atoms in total. The van der Waals surface area contributed by atoms with Crippen molar-refractivity contribution >= 4 is 28.5 Å². The van der Waals surface area contributed by atoms with Gasteiger partial charge in [0, 0.05) is 0 Å². The third-order valence-electron chi connectivity index (χ3n) is 8.11. The molecule has 0 N–H and O–H groups in total. The van der Waals surface area contributed by atoms with E-state index in [2.05, 4.69) is 37.3 Å². The Labute approximate surface area is 281 Å². The largest absolute Gasteiger partial charge is 0.453 e. The lowest BCUT2D eigenvalue weighted by Crippen LogP contribution is -2.60. The van der Waals surface area contributed by atoms with Crippen LogP contribution in [0.1, 0.15) is 34.0 Å². The number of hydrogen-bond donors (Lipinski definition) is 0. The smallest absolute Gasteiger partial charge is 0.338 e. The minimum Gasteiger partial charge on any atom is -0.453 e. The molecule has 242 valence electrons. The van der Waals surface area contributed by atoms with E-state index in [0.717, 1.165) is 33.2 Å². The number of benzene rings is 5. The second-order valence-electron chi connectivity index (χ2n) is 11.5. The highest BCUT2D eigenvalue weighted by molar-refractivity contribution is 7.99. The van der Waals surface area contributed by atoms with Gasteiger partial charge in [-0.1, -0.05) is 122 Å². The Morgan fingerprint density at radius 1 is 0.638 bits per heavy atom. The SMILES string of the molecule is CCS[C@@H]1O[C@H](COCc2ccccc2)[C@H](OC(=O)c2ccccc2)[C@H](OCc2ccc3ccccc3c2)[C@H]1OCc1ccccc1. The number of carbonyl (C=O) groups excluding carboxylic acids is 1. The lowest BCUT2D eigenvalue weighted by molar-refractivity contribution is -0.240. The quantitative estimate of drug-likeness (QED) is 0.112. The first-order valence-electron chi connectivity index (χ1n) is 16.1. The second-order valence-corrected chi connectivity index (χ2v) is 12.8. The van der Waals surface area contributed by atoms with Crippen LogP contribution in [0, 0.1) is 0 Å². The standard InChI is InChI=1S/C40H40O6S/c1-2-47-40-38(44-26-30-16-8-4-9-17-30)37(43-27-31-22-23-32-18-12-13-21-34(32)24-31)36(46-39(41)33-19-10-5-11-20-33)35(45-40)28-42-25-29-14-6-3-7-15-29/h3-24,35-38,40H,2,25-28H2,1H3/t35-,36+,37+,38-,40+/m1/s1. The van der Waals surface area contributed by atoms with E-state index >= 15 is 0 Å². The van der Waals surface area contributed by atoms with Crippen LogP contribution < -0.4 is 0 Å². The van der Waals surface area contributed by atoms with Gasteiger partial charge in [0.05, 0.1) is 32.0 Å². The highest BCUT2D eigenvalue weighted by Crippen LogP contribution is 2.35. The second kappa shape index (κ2) is 16.7. The zero-order chi connectivity index (χ0) is 32.3. The molecule has 0 unspecified atom stereocenters. The maximum absolute atomic E-state index is 13.6. The van der Waals surface area contributed by atoms with Gasteiger partial charge >= 0.3 is 5.97 Å². The van der Waals surface area contributed by atoms with Crippen LogP contribution in [0.3, 0.4) is 0 Å². The zero-order valence-corrected chi connectivity index (χ0v) is 27.3. The summed E-state index contributed by atoms with van der Waals surface area (Å²) in [5.41, 5.74) is 3.18. The molecule has 0 aromatic heterocycles. The van der Waals surface area contributed by atoms with E-state index in [0.29, 0.717) is 25.4 Å². The molecular formula is C40H40O6S. The first kappa shape index (κ1) is 32.9. The summed E-state index contributed by atoms with van der Waals surface area (Å²) in [6, 6.07) is 43.6. The predicted molar refractivity (Wildman–Crippen MR) is 186 cm³/mol. The number of fused-ring (bicyclic) bond motifs is 1. The van der Waals surface area contributed by atoms with Crippen LogP contribution in [-0.4, -0.2) is 48.2 Å². The summed E-state index contributed by atoms with van der Waals surface area (Å²) in [5, 5.41) is 2.30. The van der Waals surface area contributed by atoms with E-state index in [1.165, 1.54) is 0 Å². The molecule has 1 saturated heterocycles. The summed E-state index contributed by atoms with van der Waals surface area (Å²) < 4.78 is 32.7. The lowest BCUT2D eigenvalue weighted by atomic mass is 9.98.